The monoisotopic (exact) mass is 495 g/mol. The third-order valence-corrected chi connectivity index (χ3v) is 6.94. The number of carbonyl (C=O) groups is 1. The van der Waals surface area contributed by atoms with Crippen molar-refractivity contribution in [2.75, 3.05) is 6.54 Å². The zero-order valence-corrected chi connectivity index (χ0v) is 19.0. The van der Waals surface area contributed by atoms with E-state index in [-0.39, 0.29) is 22.6 Å². The van der Waals surface area contributed by atoms with E-state index in [0.29, 0.717) is 43.7 Å². The summed E-state index contributed by atoms with van der Waals surface area (Å²) in [6.45, 7) is 0.670. The number of sulfonamides is 1. The lowest BCUT2D eigenvalue weighted by Gasteiger charge is -2.30. The molecule has 8 nitrogen and oxygen atoms in total. The molecule has 12 heteroatoms. The quantitative estimate of drug-likeness (QED) is 0.636. The van der Waals surface area contributed by atoms with Gasteiger partial charge in [0.1, 0.15) is 0 Å². The number of hydrogen-bond donors (Lipinski definition) is 2. The summed E-state index contributed by atoms with van der Waals surface area (Å²) in [6, 6.07) is 6.01. The van der Waals surface area contributed by atoms with Crippen LogP contribution in [0, 0.1) is 0 Å². The molecule has 0 spiro atoms. The van der Waals surface area contributed by atoms with Crippen molar-refractivity contribution in [3.63, 3.8) is 0 Å². The number of benzene rings is 1. The van der Waals surface area contributed by atoms with Crippen LogP contribution >= 0.6 is 0 Å². The van der Waals surface area contributed by atoms with Gasteiger partial charge in [-0.25, -0.2) is 13.6 Å². The number of primary sulfonamides is 1. The first-order valence-electron chi connectivity index (χ1n) is 10.7. The first kappa shape index (κ1) is 24.0. The maximum atomic E-state index is 13.6. The van der Waals surface area contributed by atoms with Crippen LogP contribution in [0.5, 0.6) is 0 Å². The van der Waals surface area contributed by atoms with Crippen LogP contribution in [-0.4, -0.2) is 35.6 Å². The van der Waals surface area contributed by atoms with Crippen LogP contribution in [0.15, 0.2) is 52.6 Å². The van der Waals surface area contributed by atoms with Crippen LogP contribution in [0.3, 0.4) is 0 Å². The Balaban J connectivity index is 1.65. The fraction of sp³-hybridized carbons (Fsp3) is 0.364. The molecule has 182 valence electrons. The van der Waals surface area contributed by atoms with E-state index in [1.807, 2.05) is 4.90 Å². The minimum absolute atomic E-state index is 0.0237. The number of allylic oxidation sites excluding steroid dienone is 1. The fourth-order valence-electron chi connectivity index (χ4n) is 4.33. The predicted molar refractivity (Wildman–Crippen MR) is 117 cm³/mol. The van der Waals surface area contributed by atoms with Gasteiger partial charge < -0.3 is 10.6 Å². The topological polar surface area (TPSA) is 124 Å². The molecule has 2 aliphatic rings. The number of carbonyl (C=O) groups excluding carboxylic acids is 1. The van der Waals surface area contributed by atoms with Crippen molar-refractivity contribution in [1.29, 1.82) is 0 Å². The second-order valence-corrected chi connectivity index (χ2v) is 9.93. The van der Waals surface area contributed by atoms with Crippen molar-refractivity contribution in [1.82, 2.24) is 14.7 Å². The van der Waals surface area contributed by atoms with Gasteiger partial charge in [-0.3, -0.25) is 9.48 Å². The molecule has 2 heterocycles. The van der Waals surface area contributed by atoms with E-state index in [1.165, 1.54) is 16.8 Å². The van der Waals surface area contributed by atoms with E-state index < -0.39 is 27.8 Å². The Labute approximate surface area is 194 Å². The molecule has 0 fully saturated rings. The molecule has 2 aromatic rings. The van der Waals surface area contributed by atoms with Crippen LogP contribution < -0.4 is 10.9 Å². The summed E-state index contributed by atoms with van der Waals surface area (Å²) in [6.07, 6.45) is 0.950. The Hall–Kier alpha value is -3.12. The minimum atomic E-state index is -4.54. The normalized spacial score (nSPS) is 16.6. The Morgan fingerprint density at radius 2 is 1.76 bits per heavy atom. The molecule has 1 amide bonds. The summed E-state index contributed by atoms with van der Waals surface area (Å²) in [5, 5.41) is 9.06. The second-order valence-electron chi connectivity index (χ2n) is 8.37. The van der Waals surface area contributed by atoms with E-state index in [2.05, 4.69) is 5.10 Å². The summed E-state index contributed by atoms with van der Waals surface area (Å²) in [4.78, 5) is 13.6. The fourth-order valence-corrected chi connectivity index (χ4v) is 4.84. The second kappa shape index (κ2) is 8.91. The summed E-state index contributed by atoms with van der Waals surface area (Å²) in [7, 11) is -3.83. The number of alkyl halides is 3. The number of aromatic nitrogens is 2. The molecule has 0 saturated carbocycles. The van der Waals surface area contributed by atoms with Gasteiger partial charge in [0.05, 0.1) is 11.4 Å². The summed E-state index contributed by atoms with van der Waals surface area (Å²) in [5.74, 6) is -0.631. The number of primary amides is 1. The average Bonchev–Trinajstić information content (AvgIpc) is 3.14. The first-order chi connectivity index (χ1) is 15.9. The van der Waals surface area contributed by atoms with Crippen molar-refractivity contribution >= 4 is 15.9 Å². The van der Waals surface area contributed by atoms with Gasteiger partial charge in [0.2, 0.25) is 15.9 Å². The molecule has 0 bridgehead atoms. The van der Waals surface area contributed by atoms with Gasteiger partial charge in [0, 0.05) is 35.6 Å². The highest BCUT2D eigenvalue weighted by atomic mass is 32.2. The maximum Gasteiger partial charge on any atom is 0.435 e. The maximum absolute atomic E-state index is 13.6. The molecular weight excluding hydrogens is 471 g/mol. The van der Waals surface area contributed by atoms with Gasteiger partial charge in [-0.15, -0.1) is 0 Å². The number of amides is 1. The Bertz CT molecular complexity index is 1280. The molecule has 1 aliphatic carbocycles. The SMILES string of the molecule is NC(=O)C1=CCN(Cc2ccc(S(N)(=O)=O)cc2)C(Cn2nc(C(F)(F)F)c3c2CCCC3)=C1. The standard InChI is InChI=1S/C22H24F3N5O3S/c23-22(24,25)20-18-3-1-2-4-19(18)30(28-20)13-16-11-15(21(26)31)9-10-29(16)12-14-5-7-17(8-6-14)34(27,32)33/h5-9,11H,1-4,10,12-13H2,(H2,26,31)(H2,27,32,33). The van der Waals surface area contributed by atoms with E-state index >= 15 is 0 Å². The van der Waals surface area contributed by atoms with Gasteiger partial charge in [-0.05, 0) is 49.5 Å². The number of halogens is 3. The van der Waals surface area contributed by atoms with E-state index in [0.717, 1.165) is 12.0 Å². The predicted octanol–water partition coefficient (Wildman–Crippen LogP) is 2.24. The molecule has 0 radical (unpaired) electrons. The van der Waals surface area contributed by atoms with E-state index in [4.69, 9.17) is 10.9 Å². The largest absolute Gasteiger partial charge is 0.435 e. The van der Waals surface area contributed by atoms with Gasteiger partial charge in [-0.1, -0.05) is 18.2 Å². The van der Waals surface area contributed by atoms with Crippen LogP contribution in [0.1, 0.15) is 35.4 Å². The molecule has 4 rings (SSSR count). The molecule has 0 saturated heterocycles. The molecule has 0 atom stereocenters. The lowest BCUT2D eigenvalue weighted by atomic mass is 9.95. The van der Waals surface area contributed by atoms with E-state index in [1.54, 1.807) is 24.3 Å². The third-order valence-electron chi connectivity index (χ3n) is 6.01. The van der Waals surface area contributed by atoms with Crippen molar-refractivity contribution in [2.45, 2.75) is 49.8 Å². The first-order valence-corrected chi connectivity index (χ1v) is 12.2. The van der Waals surface area contributed by atoms with Crippen LogP contribution in [-0.2, 0) is 46.9 Å². The summed E-state index contributed by atoms with van der Waals surface area (Å²) < 4.78 is 65.2. The van der Waals surface area contributed by atoms with E-state index in [9.17, 15) is 26.4 Å². The van der Waals surface area contributed by atoms with Gasteiger partial charge >= 0.3 is 6.18 Å². The number of nitrogens with zero attached hydrogens (tertiary/aromatic N) is 3. The summed E-state index contributed by atoms with van der Waals surface area (Å²) >= 11 is 0. The molecule has 1 aliphatic heterocycles. The summed E-state index contributed by atoms with van der Waals surface area (Å²) in [5.41, 5.74) is 7.00. The molecule has 34 heavy (non-hydrogen) atoms. The number of fused-ring (bicyclic) bond motifs is 1. The highest BCUT2D eigenvalue weighted by molar-refractivity contribution is 7.89. The average molecular weight is 496 g/mol. The van der Waals surface area contributed by atoms with Gasteiger partial charge in [0.15, 0.2) is 5.69 Å². The van der Waals surface area contributed by atoms with Crippen LogP contribution in [0.25, 0.3) is 0 Å². The number of hydrogen-bond acceptors (Lipinski definition) is 5. The lowest BCUT2D eigenvalue weighted by molar-refractivity contribution is -0.142. The Morgan fingerprint density at radius 3 is 2.38 bits per heavy atom. The number of rotatable bonds is 6. The minimum Gasteiger partial charge on any atom is -0.366 e. The van der Waals surface area contributed by atoms with Crippen LogP contribution in [0.4, 0.5) is 13.2 Å². The smallest absolute Gasteiger partial charge is 0.366 e. The van der Waals surface area contributed by atoms with Gasteiger partial charge in [0.25, 0.3) is 0 Å². The van der Waals surface area contributed by atoms with Crippen molar-refractivity contribution < 1.29 is 26.4 Å². The molecular formula is C22H24F3N5O3S. The highest BCUT2D eigenvalue weighted by Gasteiger charge is 2.39. The Kier molecular flexibility index (Phi) is 6.30. The van der Waals surface area contributed by atoms with Crippen molar-refractivity contribution in [2.24, 2.45) is 10.9 Å². The highest BCUT2D eigenvalue weighted by Crippen LogP contribution is 2.36. The zero-order valence-electron chi connectivity index (χ0n) is 18.2. The van der Waals surface area contributed by atoms with Crippen molar-refractivity contribution in [3.05, 3.63) is 70.2 Å². The molecule has 1 aromatic heterocycles. The Morgan fingerprint density at radius 1 is 1.09 bits per heavy atom. The lowest BCUT2D eigenvalue weighted by Crippen LogP contribution is -2.31. The molecule has 1 aromatic carbocycles. The molecule has 4 N–H and O–H groups in total. The third kappa shape index (κ3) is 5.02. The zero-order chi connectivity index (χ0) is 24.7. The van der Waals surface area contributed by atoms with Gasteiger partial charge in [-0.2, -0.15) is 18.3 Å². The van der Waals surface area contributed by atoms with Crippen molar-refractivity contribution in [3.8, 4) is 0 Å². The number of nitrogens with two attached hydrogens (primary N) is 2. The van der Waals surface area contributed by atoms with Crippen LogP contribution in [0.2, 0.25) is 0 Å². The molecule has 0 unspecified atom stereocenters.